The Hall–Kier alpha value is -4.08. The van der Waals surface area contributed by atoms with Gasteiger partial charge in [-0.2, -0.15) is 0 Å². The molecule has 2 aliphatic rings. The normalized spacial score (nSPS) is 18.5. The Bertz CT molecular complexity index is 1480. The Kier molecular flexibility index (Phi) is 7.22. The second kappa shape index (κ2) is 10.7. The summed E-state index contributed by atoms with van der Waals surface area (Å²) in [5.41, 5.74) is 0.187. The molecule has 2 amide bonds. The fourth-order valence-electron chi connectivity index (χ4n) is 5.38. The summed E-state index contributed by atoms with van der Waals surface area (Å²) < 4.78 is 13.1. The van der Waals surface area contributed by atoms with Crippen molar-refractivity contribution in [2.24, 2.45) is 11.8 Å². The number of carbonyl (C=O) groups is 2. The van der Waals surface area contributed by atoms with Crippen molar-refractivity contribution in [3.8, 4) is 11.5 Å². The number of ether oxygens (including phenoxy) is 2. The van der Waals surface area contributed by atoms with Crippen LogP contribution in [0.1, 0.15) is 32.3 Å². The van der Waals surface area contributed by atoms with Gasteiger partial charge in [0.1, 0.15) is 6.54 Å². The maximum atomic E-state index is 13.4. The summed E-state index contributed by atoms with van der Waals surface area (Å²) in [6, 6.07) is 12.2. The second-order valence-corrected chi connectivity index (χ2v) is 10.3. The summed E-state index contributed by atoms with van der Waals surface area (Å²) in [7, 11) is 0. The lowest BCUT2D eigenvalue weighted by Gasteiger charge is -2.35. The zero-order valence-corrected chi connectivity index (χ0v) is 21.6. The number of nitrogens with zero attached hydrogens (tertiary/aromatic N) is 3. The Morgan fingerprint density at radius 1 is 0.974 bits per heavy atom. The van der Waals surface area contributed by atoms with Crippen LogP contribution in [0.2, 0.25) is 0 Å². The first-order valence-corrected chi connectivity index (χ1v) is 13.0. The van der Waals surface area contributed by atoms with Crippen molar-refractivity contribution in [3.63, 3.8) is 0 Å². The van der Waals surface area contributed by atoms with Crippen LogP contribution >= 0.6 is 0 Å². The van der Waals surface area contributed by atoms with Gasteiger partial charge in [0.05, 0.1) is 10.9 Å². The van der Waals surface area contributed by atoms with Crippen LogP contribution in [0, 0.1) is 11.8 Å². The van der Waals surface area contributed by atoms with E-state index < -0.39 is 11.2 Å². The van der Waals surface area contributed by atoms with Crippen LogP contribution in [-0.2, 0) is 29.2 Å². The van der Waals surface area contributed by atoms with Crippen LogP contribution in [0.15, 0.2) is 52.1 Å². The number of nitrogens with one attached hydrogen (secondary N) is 1. The van der Waals surface area contributed by atoms with Gasteiger partial charge in [-0.25, -0.2) is 4.79 Å². The number of likely N-dealkylation sites (tertiary alicyclic amines) is 1. The first-order valence-electron chi connectivity index (χ1n) is 13.0. The van der Waals surface area contributed by atoms with Crippen LogP contribution in [0.25, 0.3) is 10.9 Å². The van der Waals surface area contributed by atoms with Crippen molar-refractivity contribution in [2.45, 2.75) is 46.3 Å². The Morgan fingerprint density at radius 3 is 2.50 bits per heavy atom. The maximum Gasteiger partial charge on any atom is 0.331 e. The van der Waals surface area contributed by atoms with E-state index in [0.717, 1.165) is 16.6 Å². The van der Waals surface area contributed by atoms with Gasteiger partial charge in [0, 0.05) is 32.6 Å². The van der Waals surface area contributed by atoms with Gasteiger partial charge < -0.3 is 19.7 Å². The van der Waals surface area contributed by atoms with Crippen molar-refractivity contribution in [3.05, 3.63) is 68.9 Å². The topological polar surface area (TPSA) is 112 Å². The van der Waals surface area contributed by atoms with Crippen molar-refractivity contribution in [1.82, 2.24) is 19.4 Å². The number of rotatable bonds is 7. The van der Waals surface area contributed by atoms with E-state index in [1.54, 1.807) is 41.3 Å². The highest BCUT2D eigenvalue weighted by molar-refractivity contribution is 5.82. The number of hydrogen-bond donors (Lipinski definition) is 1. The molecular formula is C28H32N4O6. The number of aromatic nitrogens is 2. The van der Waals surface area contributed by atoms with Gasteiger partial charge in [0.2, 0.25) is 18.6 Å². The molecule has 0 radical (unpaired) electrons. The fraction of sp³-hybridized carbons (Fsp3) is 0.429. The smallest absolute Gasteiger partial charge is 0.331 e. The lowest BCUT2D eigenvalue weighted by atomic mass is 9.92. The van der Waals surface area contributed by atoms with Crippen molar-refractivity contribution < 1.29 is 19.1 Å². The number of amides is 2. The van der Waals surface area contributed by atoms with E-state index >= 15 is 0 Å². The summed E-state index contributed by atoms with van der Waals surface area (Å²) in [5, 5.41) is 3.15. The third-order valence-corrected chi connectivity index (χ3v) is 7.14. The number of benzene rings is 2. The SMILES string of the molecule is C[C@@H]1C[C@@H](C)CN(C(=O)Cn2c(=O)n(CCC(=O)NCc3ccc4c(c3)OCO4)c(=O)c3ccccc32)C1. The highest BCUT2D eigenvalue weighted by Gasteiger charge is 2.26. The molecule has 2 aliphatic heterocycles. The van der Waals surface area contributed by atoms with Gasteiger partial charge in [-0.15, -0.1) is 0 Å². The molecule has 1 aromatic heterocycles. The molecule has 2 aromatic carbocycles. The fourth-order valence-corrected chi connectivity index (χ4v) is 5.38. The predicted octanol–water partition coefficient (Wildman–Crippen LogP) is 2.10. The standard InChI is InChI=1S/C28H32N4O6/c1-18-11-19(2)15-30(14-18)26(34)16-32-22-6-4-3-5-21(22)27(35)31(28(32)36)10-9-25(33)29-13-20-7-8-23-24(12-20)38-17-37-23/h3-8,12,18-19H,9-11,13-17H2,1-2H3,(H,29,33)/t18-,19-/m1/s1. The highest BCUT2D eigenvalue weighted by atomic mass is 16.7. The van der Waals surface area contributed by atoms with Gasteiger partial charge >= 0.3 is 5.69 Å². The summed E-state index contributed by atoms with van der Waals surface area (Å²) in [4.78, 5) is 54.2. The molecule has 3 heterocycles. The maximum absolute atomic E-state index is 13.4. The van der Waals surface area contributed by atoms with E-state index in [9.17, 15) is 19.2 Å². The van der Waals surface area contributed by atoms with Gasteiger partial charge in [-0.1, -0.05) is 32.0 Å². The molecule has 10 nitrogen and oxygen atoms in total. The van der Waals surface area contributed by atoms with Gasteiger partial charge in [-0.3, -0.25) is 23.5 Å². The van der Waals surface area contributed by atoms with E-state index in [1.165, 1.54) is 4.57 Å². The molecule has 2 atom stereocenters. The minimum absolute atomic E-state index is 0.0624. The number of piperidine rings is 1. The summed E-state index contributed by atoms with van der Waals surface area (Å²) in [6.07, 6.45) is 1.00. The summed E-state index contributed by atoms with van der Waals surface area (Å²) >= 11 is 0. The predicted molar refractivity (Wildman–Crippen MR) is 141 cm³/mol. The molecule has 1 saturated heterocycles. The zero-order valence-electron chi connectivity index (χ0n) is 21.6. The van der Waals surface area contributed by atoms with Crippen molar-refractivity contribution in [2.75, 3.05) is 19.9 Å². The third-order valence-electron chi connectivity index (χ3n) is 7.14. The molecule has 200 valence electrons. The quantitative estimate of drug-likeness (QED) is 0.511. The van der Waals surface area contributed by atoms with E-state index in [4.69, 9.17) is 9.47 Å². The number of para-hydroxylation sites is 1. The molecule has 0 aliphatic carbocycles. The van der Waals surface area contributed by atoms with E-state index in [1.807, 2.05) is 6.07 Å². The van der Waals surface area contributed by atoms with Crippen LogP contribution < -0.4 is 26.0 Å². The van der Waals surface area contributed by atoms with Gasteiger partial charge in [-0.05, 0) is 48.1 Å². The second-order valence-electron chi connectivity index (χ2n) is 10.3. The van der Waals surface area contributed by atoms with Gasteiger partial charge in [0.15, 0.2) is 11.5 Å². The molecule has 10 heteroatoms. The van der Waals surface area contributed by atoms with E-state index in [0.29, 0.717) is 47.3 Å². The van der Waals surface area contributed by atoms with E-state index in [2.05, 4.69) is 19.2 Å². The van der Waals surface area contributed by atoms with Crippen LogP contribution in [0.3, 0.4) is 0 Å². The molecule has 0 spiro atoms. The zero-order chi connectivity index (χ0) is 26.8. The summed E-state index contributed by atoms with van der Waals surface area (Å²) in [6.45, 7) is 5.73. The number of hydrogen-bond acceptors (Lipinski definition) is 6. The monoisotopic (exact) mass is 520 g/mol. The average Bonchev–Trinajstić information content (AvgIpc) is 3.37. The summed E-state index contributed by atoms with van der Waals surface area (Å²) in [5.74, 6) is 1.61. The molecule has 3 aromatic rings. The molecular weight excluding hydrogens is 488 g/mol. The average molecular weight is 521 g/mol. The lowest BCUT2D eigenvalue weighted by molar-refractivity contribution is -0.134. The van der Waals surface area contributed by atoms with Crippen molar-refractivity contribution >= 4 is 22.7 Å². The third kappa shape index (κ3) is 5.29. The van der Waals surface area contributed by atoms with Crippen LogP contribution in [0.5, 0.6) is 11.5 Å². The molecule has 38 heavy (non-hydrogen) atoms. The van der Waals surface area contributed by atoms with Crippen LogP contribution in [0.4, 0.5) is 0 Å². The molecule has 0 unspecified atom stereocenters. The molecule has 1 fully saturated rings. The Balaban J connectivity index is 1.32. The van der Waals surface area contributed by atoms with Crippen LogP contribution in [-0.4, -0.2) is 45.7 Å². The van der Waals surface area contributed by atoms with Gasteiger partial charge in [0.25, 0.3) is 5.56 Å². The molecule has 5 rings (SSSR count). The minimum Gasteiger partial charge on any atom is -0.454 e. The first-order chi connectivity index (χ1) is 18.3. The number of fused-ring (bicyclic) bond motifs is 2. The Labute approximate surface area is 219 Å². The Morgan fingerprint density at radius 2 is 1.71 bits per heavy atom. The minimum atomic E-state index is -0.594. The molecule has 1 N–H and O–H groups in total. The van der Waals surface area contributed by atoms with E-state index in [-0.39, 0.29) is 44.7 Å². The largest absolute Gasteiger partial charge is 0.454 e. The number of carbonyl (C=O) groups excluding carboxylic acids is 2. The first kappa shape index (κ1) is 25.6. The highest BCUT2D eigenvalue weighted by Crippen LogP contribution is 2.32. The molecule has 0 saturated carbocycles. The van der Waals surface area contributed by atoms with Crippen molar-refractivity contribution in [1.29, 1.82) is 0 Å². The molecule has 0 bridgehead atoms. The lowest BCUT2D eigenvalue weighted by Crippen LogP contribution is -2.47.